The van der Waals surface area contributed by atoms with Crippen molar-refractivity contribution in [2.45, 2.75) is 12.3 Å². The van der Waals surface area contributed by atoms with Crippen molar-refractivity contribution >= 4 is 11.6 Å². The second kappa shape index (κ2) is 5.98. The van der Waals surface area contributed by atoms with Crippen molar-refractivity contribution in [3.05, 3.63) is 24.3 Å². The van der Waals surface area contributed by atoms with Crippen LogP contribution < -0.4 is 32.0 Å². The van der Waals surface area contributed by atoms with E-state index in [1.807, 2.05) is 0 Å². The van der Waals surface area contributed by atoms with Crippen LogP contribution >= 0.6 is 0 Å². The molecule has 0 radical (unpaired) electrons. The molecule has 104 valence electrons. The van der Waals surface area contributed by atoms with Crippen LogP contribution in [0.15, 0.2) is 24.3 Å². The predicted octanol–water partition coefficient (Wildman–Crippen LogP) is -0.812. The van der Waals surface area contributed by atoms with Gasteiger partial charge in [0.15, 0.2) is 0 Å². The topological polar surface area (TPSA) is 100 Å². The Morgan fingerprint density at radius 2 is 2.00 bits per heavy atom. The Morgan fingerprint density at radius 3 is 2.58 bits per heavy atom. The van der Waals surface area contributed by atoms with E-state index in [2.05, 4.69) is 21.5 Å². The van der Waals surface area contributed by atoms with Crippen LogP contribution in [0, 0.1) is 5.92 Å². The Labute approximate surface area is 111 Å². The summed E-state index contributed by atoms with van der Waals surface area (Å²) in [6.45, 7) is 0. The molecule has 1 aliphatic heterocycles. The molecule has 3 atom stereocenters. The lowest BCUT2D eigenvalue weighted by molar-refractivity contribution is -0.120. The maximum absolute atomic E-state index is 12.2. The third-order valence-electron chi connectivity index (χ3n) is 3.12. The Kier molecular flexibility index (Phi) is 4.33. The molecule has 7 heteroatoms. The maximum atomic E-state index is 12.2. The molecule has 1 saturated heterocycles. The fourth-order valence-electron chi connectivity index (χ4n) is 2.04. The van der Waals surface area contributed by atoms with Crippen LogP contribution in [0.25, 0.3) is 0 Å². The molecule has 2 rings (SSSR count). The van der Waals surface area contributed by atoms with E-state index in [0.29, 0.717) is 5.69 Å². The van der Waals surface area contributed by atoms with Gasteiger partial charge in [-0.3, -0.25) is 4.79 Å². The highest BCUT2D eigenvalue weighted by molar-refractivity contribution is 5.93. The van der Waals surface area contributed by atoms with Crippen LogP contribution in [0.5, 0.6) is 5.75 Å². The van der Waals surface area contributed by atoms with E-state index in [1.165, 1.54) is 0 Å². The second-order valence-corrected chi connectivity index (χ2v) is 4.32. The molecule has 6 N–H and O–H groups in total. The van der Waals surface area contributed by atoms with Gasteiger partial charge in [-0.05, 0) is 31.3 Å². The second-order valence-electron chi connectivity index (χ2n) is 4.32. The van der Waals surface area contributed by atoms with Gasteiger partial charge in [-0.1, -0.05) is 0 Å². The Hall–Kier alpha value is -1.67. The summed E-state index contributed by atoms with van der Waals surface area (Å²) < 4.78 is 5.06. The van der Waals surface area contributed by atoms with E-state index in [4.69, 9.17) is 10.5 Å². The minimum absolute atomic E-state index is 0.144. The number of rotatable bonds is 4. The SMILES string of the molecule is CNC1NNC(N)C1C(=O)Nc1ccc(OC)cc1. The Balaban J connectivity index is 2.03. The van der Waals surface area contributed by atoms with Crippen LogP contribution in [0.2, 0.25) is 0 Å². The summed E-state index contributed by atoms with van der Waals surface area (Å²) in [7, 11) is 3.37. The molecule has 1 heterocycles. The van der Waals surface area contributed by atoms with Gasteiger partial charge in [0.05, 0.1) is 25.4 Å². The quantitative estimate of drug-likeness (QED) is 0.488. The van der Waals surface area contributed by atoms with Crippen LogP contribution in [-0.4, -0.2) is 32.4 Å². The lowest BCUT2D eigenvalue weighted by Crippen LogP contribution is -2.47. The summed E-state index contributed by atoms with van der Waals surface area (Å²) in [5, 5.41) is 5.83. The molecule has 7 nitrogen and oxygen atoms in total. The van der Waals surface area contributed by atoms with Gasteiger partial charge < -0.3 is 21.1 Å². The molecule has 0 aliphatic carbocycles. The van der Waals surface area contributed by atoms with Crippen molar-refractivity contribution in [2.24, 2.45) is 11.7 Å². The largest absolute Gasteiger partial charge is 0.497 e. The summed E-state index contributed by atoms with van der Waals surface area (Å²) >= 11 is 0. The molecular formula is C12H19N5O2. The zero-order chi connectivity index (χ0) is 13.8. The van der Waals surface area contributed by atoms with E-state index >= 15 is 0 Å². The summed E-state index contributed by atoms with van der Waals surface area (Å²) in [4.78, 5) is 12.2. The highest BCUT2D eigenvalue weighted by Gasteiger charge is 2.38. The molecular weight excluding hydrogens is 246 g/mol. The number of hydrogen-bond donors (Lipinski definition) is 5. The smallest absolute Gasteiger partial charge is 0.233 e. The van der Waals surface area contributed by atoms with Gasteiger partial charge in [0, 0.05) is 5.69 Å². The van der Waals surface area contributed by atoms with Crippen molar-refractivity contribution in [1.82, 2.24) is 16.2 Å². The van der Waals surface area contributed by atoms with Crippen molar-refractivity contribution in [1.29, 1.82) is 0 Å². The van der Waals surface area contributed by atoms with Crippen LogP contribution in [0.3, 0.4) is 0 Å². The molecule has 0 aromatic heterocycles. The molecule has 19 heavy (non-hydrogen) atoms. The maximum Gasteiger partial charge on any atom is 0.233 e. The highest BCUT2D eigenvalue weighted by Crippen LogP contribution is 2.17. The zero-order valence-electron chi connectivity index (χ0n) is 10.9. The molecule has 0 bridgehead atoms. The number of ether oxygens (including phenoxy) is 1. The standard InChI is InChI=1S/C12H19N5O2/c1-14-11-9(10(13)16-17-11)12(18)15-7-3-5-8(19-2)6-4-7/h3-6,9-11,14,16-17H,13H2,1-2H3,(H,15,18). The van der Waals surface area contributed by atoms with Crippen LogP contribution in [-0.2, 0) is 4.79 Å². The van der Waals surface area contributed by atoms with Gasteiger partial charge in [0.1, 0.15) is 5.75 Å². The number of amides is 1. The first-order valence-corrected chi connectivity index (χ1v) is 6.04. The fraction of sp³-hybridized carbons (Fsp3) is 0.417. The normalized spacial score (nSPS) is 26.2. The lowest BCUT2D eigenvalue weighted by Gasteiger charge is -2.19. The number of methoxy groups -OCH3 is 1. The Morgan fingerprint density at radius 1 is 1.32 bits per heavy atom. The average Bonchev–Trinajstić information content (AvgIpc) is 2.80. The van der Waals surface area contributed by atoms with Crippen LogP contribution in [0.4, 0.5) is 5.69 Å². The molecule has 1 fully saturated rings. The first-order valence-electron chi connectivity index (χ1n) is 6.04. The van der Waals surface area contributed by atoms with Crippen molar-refractivity contribution in [3.63, 3.8) is 0 Å². The van der Waals surface area contributed by atoms with E-state index in [0.717, 1.165) is 5.75 Å². The van der Waals surface area contributed by atoms with E-state index in [1.54, 1.807) is 38.4 Å². The zero-order valence-corrected chi connectivity index (χ0v) is 10.9. The molecule has 1 aromatic rings. The highest BCUT2D eigenvalue weighted by atomic mass is 16.5. The summed E-state index contributed by atoms with van der Waals surface area (Å²) in [5.41, 5.74) is 12.3. The van der Waals surface area contributed by atoms with Crippen molar-refractivity contribution in [3.8, 4) is 5.75 Å². The molecule has 0 spiro atoms. The average molecular weight is 265 g/mol. The first-order chi connectivity index (χ1) is 9.15. The molecule has 1 aliphatic rings. The first kappa shape index (κ1) is 13.8. The third kappa shape index (κ3) is 3.02. The van der Waals surface area contributed by atoms with E-state index < -0.39 is 12.1 Å². The molecule has 1 aromatic carbocycles. The van der Waals surface area contributed by atoms with E-state index in [-0.39, 0.29) is 12.1 Å². The van der Waals surface area contributed by atoms with Gasteiger partial charge in [-0.25, -0.2) is 10.9 Å². The van der Waals surface area contributed by atoms with Crippen LogP contribution in [0.1, 0.15) is 0 Å². The van der Waals surface area contributed by atoms with Gasteiger partial charge in [-0.2, -0.15) is 0 Å². The number of benzene rings is 1. The number of nitrogens with two attached hydrogens (primary N) is 1. The van der Waals surface area contributed by atoms with Gasteiger partial charge in [0.25, 0.3) is 0 Å². The fourth-order valence-corrected chi connectivity index (χ4v) is 2.04. The summed E-state index contributed by atoms with van der Waals surface area (Å²) in [6.07, 6.45) is -0.635. The summed E-state index contributed by atoms with van der Waals surface area (Å²) in [5.74, 6) is 0.202. The number of hydrogen-bond acceptors (Lipinski definition) is 6. The predicted molar refractivity (Wildman–Crippen MR) is 72.2 cm³/mol. The lowest BCUT2D eigenvalue weighted by atomic mass is 10.0. The monoisotopic (exact) mass is 265 g/mol. The molecule has 1 amide bonds. The Bertz CT molecular complexity index is 436. The number of hydrazine groups is 1. The minimum atomic E-state index is -0.435. The molecule has 0 saturated carbocycles. The van der Waals surface area contributed by atoms with Gasteiger partial charge in [-0.15, -0.1) is 0 Å². The third-order valence-corrected chi connectivity index (χ3v) is 3.12. The van der Waals surface area contributed by atoms with E-state index in [9.17, 15) is 4.79 Å². The van der Waals surface area contributed by atoms with Gasteiger partial charge >= 0.3 is 0 Å². The van der Waals surface area contributed by atoms with Crippen molar-refractivity contribution < 1.29 is 9.53 Å². The molecule has 3 unspecified atom stereocenters. The number of carbonyl (C=O) groups excluding carboxylic acids is 1. The number of carbonyl (C=O) groups is 1. The number of anilines is 1. The minimum Gasteiger partial charge on any atom is -0.497 e. The summed E-state index contributed by atoms with van der Waals surface area (Å²) in [6, 6.07) is 7.14. The number of nitrogens with one attached hydrogen (secondary N) is 4. The van der Waals surface area contributed by atoms with Gasteiger partial charge in [0.2, 0.25) is 5.91 Å². The van der Waals surface area contributed by atoms with Crippen molar-refractivity contribution in [2.75, 3.05) is 19.5 Å².